The van der Waals surface area contributed by atoms with E-state index in [0.29, 0.717) is 12.2 Å². The molecule has 0 saturated heterocycles. The van der Waals surface area contributed by atoms with Crippen LogP contribution in [0.1, 0.15) is 23.3 Å². The topological polar surface area (TPSA) is 71.3 Å². The van der Waals surface area contributed by atoms with E-state index in [1.807, 2.05) is 25.1 Å². The SMILES string of the molecule is COc1ccc2oc(C)c(C(O)Cc3ncc[nH]3)c2c1. The number of benzene rings is 1. The van der Waals surface area contributed by atoms with Crippen LogP contribution >= 0.6 is 0 Å². The number of fused-ring (bicyclic) bond motifs is 1. The lowest BCUT2D eigenvalue weighted by Crippen LogP contribution is -2.04. The summed E-state index contributed by atoms with van der Waals surface area (Å²) in [5, 5.41) is 11.3. The van der Waals surface area contributed by atoms with Crippen LogP contribution in [0.2, 0.25) is 0 Å². The van der Waals surface area contributed by atoms with Gasteiger partial charge in [-0.1, -0.05) is 0 Å². The first kappa shape index (κ1) is 12.7. The van der Waals surface area contributed by atoms with Crippen LogP contribution in [-0.4, -0.2) is 22.2 Å². The lowest BCUT2D eigenvalue weighted by molar-refractivity contribution is 0.175. The predicted octanol–water partition coefficient (Wildman–Crippen LogP) is 2.75. The number of hydrogen-bond donors (Lipinski definition) is 2. The predicted molar refractivity (Wildman–Crippen MR) is 74.8 cm³/mol. The van der Waals surface area contributed by atoms with Crippen molar-refractivity contribution < 1.29 is 14.3 Å². The molecule has 104 valence electrons. The molecule has 0 saturated carbocycles. The highest BCUT2D eigenvalue weighted by Crippen LogP contribution is 2.34. The van der Waals surface area contributed by atoms with E-state index in [9.17, 15) is 5.11 Å². The number of rotatable bonds is 4. The molecule has 5 heteroatoms. The second-order valence-corrected chi connectivity index (χ2v) is 4.69. The van der Waals surface area contributed by atoms with Crippen LogP contribution in [0.3, 0.4) is 0 Å². The molecule has 3 rings (SSSR count). The van der Waals surface area contributed by atoms with Gasteiger partial charge >= 0.3 is 0 Å². The van der Waals surface area contributed by atoms with Gasteiger partial charge in [0.1, 0.15) is 22.9 Å². The third kappa shape index (κ3) is 2.16. The van der Waals surface area contributed by atoms with Crippen LogP contribution in [0.4, 0.5) is 0 Å². The molecule has 1 unspecified atom stereocenters. The molecule has 2 heterocycles. The van der Waals surface area contributed by atoms with Crippen molar-refractivity contribution in [3.63, 3.8) is 0 Å². The number of H-pyrrole nitrogens is 1. The number of imidazole rings is 1. The van der Waals surface area contributed by atoms with Crippen molar-refractivity contribution in [1.82, 2.24) is 9.97 Å². The first-order valence-corrected chi connectivity index (χ1v) is 6.42. The van der Waals surface area contributed by atoms with Gasteiger partial charge in [-0.2, -0.15) is 0 Å². The highest BCUT2D eigenvalue weighted by Gasteiger charge is 2.20. The lowest BCUT2D eigenvalue weighted by Gasteiger charge is -2.09. The van der Waals surface area contributed by atoms with E-state index in [1.54, 1.807) is 19.5 Å². The number of hydrogen-bond acceptors (Lipinski definition) is 4. The normalized spacial score (nSPS) is 12.8. The average Bonchev–Trinajstić information content (AvgIpc) is 3.04. The average molecular weight is 272 g/mol. The van der Waals surface area contributed by atoms with Crippen LogP contribution in [0.15, 0.2) is 35.0 Å². The largest absolute Gasteiger partial charge is 0.497 e. The maximum Gasteiger partial charge on any atom is 0.134 e. The Morgan fingerprint density at radius 2 is 2.30 bits per heavy atom. The third-order valence-electron chi connectivity index (χ3n) is 3.39. The van der Waals surface area contributed by atoms with Gasteiger partial charge in [-0.3, -0.25) is 0 Å². The van der Waals surface area contributed by atoms with Gasteiger partial charge in [-0.05, 0) is 25.1 Å². The number of nitrogens with one attached hydrogen (secondary N) is 1. The first-order valence-electron chi connectivity index (χ1n) is 6.42. The molecule has 2 aromatic heterocycles. The van der Waals surface area contributed by atoms with Crippen LogP contribution in [0, 0.1) is 6.92 Å². The molecule has 5 nitrogen and oxygen atoms in total. The van der Waals surface area contributed by atoms with Gasteiger partial charge in [-0.15, -0.1) is 0 Å². The number of aliphatic hydroxyl groups is 1. The van der Waals surface area contributed by atoms with Crippen molar-refractivity contribution in [3.8, 4) is 5.75 Å². The molecule has 1 aromatic carbocycles. The number of methoxy groups -OCH3 is 1. The maximum absolute atomic E-state index is 10.5. The standard InChI is InChI=1S/C15H16N2O3/c1-9-15(12(18)8-14-16-5-6-17-14)11-7-10(19-2)3-4-13(11)20-9/h3-7,12,18H,8H2,1-2H3,(H,16,17). The van der Waals surface area contributed by atoms with Gasteiger partial charge < -0.3 is 19.2 Å². The molecule has 1 atom stereocenters. The number of ether oxygens (including phenoxy) is 1. The summed E-state index contributed by atoms with van der Waals surface area (Å²) in [6, 6.07) is 5.57. The lowest BCUT2D eigenvalue weighted by atomic mass is 10.0. The number of aromatic nitrogens is 2. The molecule has 0 aliphatic heterocycles. The molecular formula is C15H16N2O3. The van der Waals surface area contributed by atoms with Crippen LogP contribution < -0.4 is 4.74 Å². The zero-order valence-corrected chi connectivity index (χ0v) is 11.4. The van der Waals surface area contributed by atoms with Gasteiger partial charge in [0.15, 0.2) is 0 Å². The maximum atomic E-state index is 10.5. The number of aryl methyl sites for hydroxylation is 1. The molecular weight excluding hydrogens is 256 g/mol. The van der Waals surface area contributed by atoms with E-state index in [0.717, 1.165) is 28.1 Å². The van der Waals surface area contributed by atoms with Gasteiger partial charge in [0, 0.05) is 29.8 Å². The van der Waals surface area contributed by atoms with Crippen LogP contribution in [-0.2, 0) is 6.42 Å². The molecule has 2 N–H and O–H groups in total. The Morgan fingerprint density at radius 1 is 1.45 bits per heavy atom. The molecule has 0 bridgehead atoms. The summed E-state index contributed by atoms with van der Waals surface area (Å²) in [7, 11) is 1.62. The minimum Gasteiger partial charge on any atom is -0.497 e. The van der Waals surface area contributed by atoms with Crippen molar-refractivity contribution in [3.05, 3.63) is 47.7 Å². The van der Waals surface area contributed by atoms with E-state index in [1.165, 1.54) is 0 Å². The second kappa shape index (κ2) is 5.02. The summed E-state index contributed by atoms with van der Waals surface area (Å²) in [4.78, 5) is 7.13. The second-order valence-electron chi connectivity index (χ2n) is 4.69. The van der Waals surface area contributed by atoms with Gasteiger partial charge in [0.05, 0.1) is 13.2 Å². The Labute approximate surface area is 116 Å². The fraction of sp³-hybridized carbons (Fsp3) is 0.267. The number of aromatic amines is 1. The molecule has 0 spiro atoms. The van der Waals surface area contributed by atoms with Crippen molar-refractivity contribution in [2.24, 2.45) is 0 Å². The highest BCUT2D eigenvalue weighted by atomic mass is 16.5. The van der Waals surface area contributed by atoms with Gasteiger partial charge in [-0.25, -0.2) is 4.98 Å². The van der Waals surface area contributed by atoms with Crippen molar-refractivity contribution in [2.45, 2.75) is 19.4 Å². The smallest absolute Gasteiger partial charge is 0.134 e. The molecule has 0 aliphatic rings. The molecule has 0 amide bonds. The van der Waals surface area contributed by atoms with Crippen LogP contribution in [0.5, 0.6) is 5.75 Å². The summed E-state index contributed by atoms with van der Waals surface area (Å²) in [6.45, 7) is 1.85. The molecule has 0 radical (unpaired) electrons. The van der Waals surface area contributed by atoms with E-state index in [-0.39, 0.29) is 0 Å². The Morgan fingerprint density at radius 3 is 3.00 bits per heavy atom. The zero-order valence-electron chi connectivity index (χ0n) is 11.4. The summed E-state index contributed by atoms with van der Waals surface area (Å²) in [5.74, 6) is 2.20. The summed E-state index contributed by atoms with van der Waals surface area (Å²) in [5.41, 5.74) is 1.53. The van der Waals surface area contributed by atoms with Crippen molar-refractivity contribution in [2.75, 3.05) is 7.11 Å². The quantitative estimate of drug-likeness (QED) is 0.766. The fourth-order valence-electron chi connectivity index (χ4n) is 2.45. The highest BCUT2D eigenvalue weighted by molar-refractivity contribution is 5.84. The molecule has 0 aliphatic carbocycles. The van der Waals surface area contributed by atoms with Crippen molar-refractivity contribution >= 4 is 11.0 Å². The first-order chi connectivity index (χ1) is 9.69. The zero-order chi connectivity index (χ0) is 14.1. The fourth-order valence-corrected chi connectivity index (χ4v) is 2.45. The van der Waals surface area contributed by atoms with E-state index in [4.69, 9.17) is 9.15 Å². The number of nitrogens with zero attached hydrogens (tertiary/aromatic N) is 1. The molecule has 0 fully saturated rings. The number of furan rings is 1. The molecule has 20 heavy (non-hydrogen) atoms. The number of aliphatic hydroxyl groups excluding tert-OH is 1. The van der Waals surface area contributed by atoms with Gasteiger partial charge in [0.2, 0.25) is 0 Å². The molecule has 3 aromatic rings. The summed E-state index contributed by atoms with van der Waals surface area (Å²) >= 11 is 0. The summed E-state index contributed by atoms with van der Waals surface area (Å²) in [6.07, 6.45) is 3.16. The third-order valence-corrected chi connectivity index (χ3v) is 3.39. The summed E-state index contributed by atoms with van der Waals surface area (Å²) < 4.78 is 10.9. The Bertz CT molecular complexity index is 716. The Balaban J connectivity index is 2.02. The minimum absolute atomic E-state index is 0.416. The van der Waals surface area contributed by atoms with E-state index in [2.05, 4.69) is 9.97 Å². The van der Waals surface area contributed by atoms with E-state index >= 15 is 0 Å². The Kier molecular flexibility index (Phi) is 3.20. The van der Waals surface area contributed by atoms with E-state index < -0.39 is 6.10 Å². The Hall–Kier alpha value is -2.27. The van der Waals surface area contributed by atoms with Crippen LogP contribution in [0.25, 0.3) is 11.0 Å². The van der Waals surface area contributed by atoms with Crippen molar-refractivity contribution in [1.29, 1.82) is 0 Å². The minimum atomic E-state index is -0.672. The monoisotopic (exact) mass is 272 g/mol. The van der Waals surface area contributed by atoms with Gasteiger partial charge in [0.25, 0.3) is 0 Å².